The van der Waals surface area contributed by atoms with Crippen molar-refractivity contribution in [2.75, 3.05) is 57.3 Å². The van der Waals surface area contributed by atoms with E-state index in [1.165, 1.54) is 63.2 Å². The Kier molecular flexibility index (Phi) is 8.52. The molecule has 0 bridgehead atoms. The topological polar surface area (TPSA) is 64.6 Å². The molecule has 3 fully saturated rings. The molecule has 8 heteroatoms. The zero-order valence-corrected chi connectivity index (χ0v) is 22.2. The molecule has 35 heavy (non-hydrogen) atoms. The molecule has 2 aromatic rings. The largest absolute Gasteiger partial charge is 0.356 e. The molecule has 0 saturated carbocycles. The number of amides is 1. The van der Waals surface area contributed by atoms with E-state index in [0.717, 1.165) is 73.9 Å². The average molecular weight is 499 g/mol. The van der Waals surface area contributed by atoms with Gasteiger partial charge >= 0.3 is 0 Å². The van der Waals surface area contributed by atoms with Gasteiger partial charge in [-0.05, 0) is 90.2 Å². The zero-order chi connectivity index (χ0) is 24.0. The molecule has 0 spiro atoms. The zero-order valence-electron chi connectivity index (χ0n) is 21.4. The van der Waals surface area contributed by atoms with Gasteiger partial charge in [0.1, 0.15) is 17.0 Å². The first-order chi connectivity index (χ1) is 17.2. The highest BCUT2D eigenvalue weighted by molar-refractivity contribution is 7.18. The number of piperidine rings is 3. The highest BCUT2D eigenvalue weighted by Gasteiger charge is 2.28. The first-order valence-corrected chi connectivity index (χ1v) is 14.8. The second kappa shape index (κ2) is 12.0. The normalized spacial score (nSPS) is 23.1. The Morgan fingerprint density at radius 1 is 1.06 bits per heavy atom. The van der Waals surface area contributed by atoms with Crippen LogP contribution in [-0.4, -0.2) is 84.1 Å². The third-order valence-electron chi connectivity index (χ3n) is 8.21. The van der Waals surface area contributed by atoms with Crippen LogP contribution in [-0.2, 0) is 11.2 Å². The van der Waals surface area contributed by atoms with Crippen LogP contribution in [0.4, 0.5) is 5.82 Å². The molecule has 1 atom stereocenters. The van der Waals surface area contributed by atoms with Crippen LogP contribution in [0.25, 0.3) is 10.2 Å². The van der Waals surface area contributed by atoms with Gasteiger partial charge in [0.2, 0.25) is 5.91 Å². The fourth-order valence-corrected chi connectivity index (χ4v) is 7.08. The van der Waals surface area contributed by atoms with Gasteiger partial charge in [-0.15, -0.1) is 11.3 Å². The van der Waals surface area contributed by atoms with E-state index in [-0.39, 0.29) is 11.8 Å². The molecule has 192 valence electrons. The van der Waals surface area contributed by atoms with E-state index in [1.54, 1.807) is 17.7 Å². The molecular formula is C27H42N6OS. The van der Waals surface area contributed by atoms with Crippen molar-refractivity contribution in [2.24, 2.45) is 5.92 Å². The number of likely N-dealkylation sites (tertiary alicyclic amines) is 2. The average Bonchev–Trinajstić information content (AvgIpc) is 3.36. The molecule has 0 aromatic carbocycles. The summed E-state index contributed by atoms with van der Waals surface area (Å²) in [7, 11) is 0. The number of fused-ring (bicyclic) bond motifs is 1. The van der Waals surface area contributed by atoms with Crippen molar-refractivity contribution >= 4 is 33.3 Å². The summed E-state index contributed by atoms with van der Waals surface area (Å²) in [6.07, 6.45) is 12.5. The second-order valence-electron chi connectivity index (χ2n) is 10.6. The van der Waals surface area contributed by atoms with Crippen molar-refractivity contribution in [1.29, 1.82) is 0 Å². The van der Waals surface area contributed by atoms with Gasteiger partial charge in [0.05, 0.1) is 11.3 Å². The fraction of sp³-hybridized carbons (Fsp3) is 0.741. The summed E-state index contributed by atoms with van der Waals surface area (Å²) in [5.41, 5.74) is 0. The van der Waals surface area contributed by atoms with E-state index in [0.29, 0.717) is 0 Å². The molecule has 0 unspecified atom stereocenters. The van der Waals surface area contributed by atoms with Crippen LogP contribution in [0.1, 0.15) is 63.2 Å². The van der Waals surface area contributed by atoms with Crippen LogP contribution in [0.5, 0.6) is 0 Å². The molecule has 3 saturated heterocycles. The van der Waals surface area contributed by atoms with Crippen LogP contribution in [0.2, 0.25) is 0 Å². The number of nitrogens with zero attached hydrogens (tertiary/aromatic N) is 5. The molecular weight excluding hydrogens is 456 g/mol. The minimum Gasteiger partial charge on any atom is -0.356 e. The Bertz CT molecular complexity index is 966. The Balaban J connectivity index is 1.04. The standard InChI is InChI=1S/C27H42N6OS/c1-2-23-18-24-25(29-20-30-27(24)35-23)33-15-6-8-21(19-33)26(34)28-11-7-12-31-16-9-22(10-17-31)32-13-4-3-5-14-32/h18,20-22H,2-17,19H2,1H3,(H,28,34)/t21-/m0/s1. The van der Waals surface area contributed by atoms with Crippen LogP contribution in [0.15, 0.2) is 12.4 Å². The molecule has 1 N–H and O–H groups in total. The molecule has 0 radical (unpaired) electrons. The van der Waals surface area contributed by atoms with E-state index < -0.39 is 0 Å². The predicted molar refractivity (Wildman–Crippen MR) is 144 cm³/mol. The number of hydrogen-bond donors (Lipinski definition) is 1. The van der Waals surface area contributed by atoms with E-state index >= 15 is 0 Å². The molecule has 1 amide bonds. The van der Waals surface area contributed by atoms with Crippen molar-refractivity contribution in [3.05, 3.63) is 17.3 Å². The van der Waals surface area contributed by atoms with Crippen molar-refractivity contribution in [3.63, 3.8) is 0 Å². The van der Waals surface area contributed by atoms with Gasteiger partial charge < -0.3 is 20.0 Å². The molecule has 0 aliphatic carbocycles. The predicted octanol–water partition coefficient (Wildman–Crippen LogP) is 3.93. The third kappa shape index (κ3) is 6.15. The van der Waals surface area contributed by atoms with Gasteiger partial charge in [-0.1, -0.05) is 13.3 Å². The molecule has 3 aliphatic heterocycles. The summed E-state index contributed by atoms with van der Waals surface area (Å²) in [4.78, 5) is 32.1. The van der Waals surface area contributed by atoms with Gasteiger partial charge in [-0.25, -0.2) is 9.97 Å². The van der Waals surface area contributed by atoms with E-state index in [9.17, 15) is 4.79 Å². The number of hydrogen-bond acceptors (Lipinski definition) is 7. The highest BCUT2D eigenvalue weighted by Crippen LogP contribution is 2.32. The highest BCUT2D eigenvalue weighted by atomic mass is 32.1. The van der Waals surface area contributed by atoms with Crippen LogP contribution < -0.4 is 10.2 Å². The van der Waals surface area contributed by atoms with Gasteiger partial charge in [0, 0.05) is 30.6 Å². The number of nitrogens with one attached hydrogen (secondary N) is 1. The molecule has 2 aromatic heterocycles. The number of carbonyl (C=O) groups is 1. The Morgan fingerprint density at radius 2 is 1.89 bits per heavy atom. The van der Waals surface area contributed by atoms with Crippen molar-refractivity contribution in [1.82, 2.24) is 25.1 Å². The van der Waals surface area contributed by atoms with Crippen molar-refractivity contribution in [2.45, 2.75) is 70.8 Å². The van der Waals surface area contributed by atoms with E-state index in [1.807, 2.05) is 0 Å². The first kappa shape index (κ1) is 24.9. The molecule has 5 heterocycles. The van der Waals surface area contributed by atoms with E-state index in [2.05, 4.69) is 43.0 Å². The van der Waals surface area contributed by atoms with E-state index in [4.69, 9.17) is 0 Å². The van der Waals surface area contributed by atoms with Gasteiger partial charge in [-0.2, -0.15) is 0 Å². The number of anilines is 1. The van der Waals surface area contributed by atoms with Gasteiger partial charge in [0.25, 0.3) is 0 Å². The summed E-state index contributed by atoms with van der Waals surface area (Å²) in [6, 6.07) is 3.04. The third-order valence-corrected chi connectivity index (χ3v) is 9.40. The lowest BCUT2D eigenvalue weighted by Gasteiger charge is -2.40. The first-order valence-electron chi connectivity index (χ1n) is 13.9. The molecule has 7 nitrogen and oxygen atoms in total. The maximum absolute atomic E-state index is 13.0. The van der Waals surface area contributed by atoms with Crippen molar-refractivity contribution < 1.29 is 4.79 Å². The maximum atomic E-state index is 13.0. The molecule has 5 rings (SSSR count). The summed E-state index contributed by atoms with van der Waals surface area (Å²) in [5.74, 6) is 1.25. The lowest BCUT2D eigenvalue weighted by molar-refractivity contribution is -0.125. The second-order valence-corrected chi connectivity index (χ2v) is 11.7. The SMILES string of the molecule is CCc1cc2c(N3CCC[C@H](C(=O)NCCCN4CCC(N5CCCCC5)CC4)C3)ncnc2s1. The summed E-state index contributed by atoms with van der Waals surface area (Å²) in [5, 5.41) is 4.38. The van der Waals surface area contributed by atoms with Crippen LogP contribution >= 0.6 is 11.3 Å². The van der Waals surface area contributed by atoms with Crippen LogP contribution in [0.3, 0.4) is 0 Å². The Morgan fingerprint density at radius 3 is 2.69 bits per heavy atom. The Labute approximate surface area is 214 Å². The summed E-state index contributed by atoms with van der Waals surface area (Å²) >= 11 is 1.75. The number of aromatic nitrogens is 2. The minimum absolute atomic E-state index is 0.0401. The Hall–Kier alpha value is -1.77. The fourth-order valence-electron chi connectivity index (χ4n) is 6.15. The molecule has 3 aliphatic rings. The number of aryl methyl sites for hydroxylation is 1. The summed E-state index contributed by atoms with van der Waals surface area (Å²) < 4.78 is 0. The lowest BCUT2D eigenvalue weighted by atomic mass is 9.97. The quantitative estimate of drug-likeness (QED) is 0.557. The summed E-state index contributed by atoms with van der Waals surface area (Å²) in [6.45, 7) is 10.8. The lowest BCUT2D eigenvalue weighted by Crippen LogP contribution is -2.47. The monoisotopic (exact) mass is 498 g/mol. The van der Waals surface area contributed by atoms with Crippen molar-refractivity contribution in [3.8, 4) is 0 Å². The number of thiophene rings is 1. The maximum Gasteiger partial charge on any atom is 0.224 e. The minimum atomic E-state index is 0.0401. The number of carbonyl (C=O) groups excluding carboxylic acids is 1. The van der Waals surface area contributed by atoms with Gasteiger partial charge in [0.15, 0.2) is 0 Å². The smallest absolute Gasteiger partial charge is 0.224 e. The number of rotatable bonds is 8. The van der Waals surface area contributed by atoms with Crippen LogP contribution in [0, 0.1) is 5.92 Å². The van der Waals surface area contributed by atoms with Gasteiger partial charge in [-0.3, -0.25) is 4.79 Å².